The summed E-state index contributed by atoms with van der Waals surface area (Å²) < 4.78 is 27.9. The number of aliphatic hydroxyl groups excluding tert-OH is 1. The molecule has 4 rings (SSSR count). The summed E-state index contributed by atoms with van der Waals surface area (Å²) in [5.41, 5.74) is 2.51. The van der Waals surface area contributed by atoms with Gasteiger partial charge in [-0.25, -0.2) is 8.42 Å². The fourth-order valence-electron chi connectivity index (χ4n) is 4.73. The van der Waals surface area contributed by atoms with E-state index in [9.17, 15) is 18.3 Å². The molecule has 2 fully saturated rings. The van der Waals surface area contributed by atoms with Gasteiger partial charge in [0.1, 0.15) is 0 Å². The number of amides is 1. The van der Waals surface area contributed by atoms with E-state index in [1.54, 1.807) is 36.1 Å². The quantitative estimate of drug-likeness (QED) is 0.670. The van der Waals surface area contributed by atoms with E-state index in [4.69, 9.17) is 0 Å². The molecule has 0 saturated carbocycles. The first-order valence-corrected chi connectivity index (χ1v) is 12.4. The lowest BCUT2D eigenvalue weighted by molar-refractivity contribution is -0.158. The molecule has 7 nitrogen and oxygen atoms in total. The lowest BCUT2D eigenvalue weighted by Gasteiger charge is -2.58. The van der Waals surface area contributed by atoms with Crippen LogP contribution in [0.5, 0.6) is 0 Å². The van der Waals surface area contributed by atoms with Crippen LogP contribution in [-0.2, 0) is 14.8 Å². The van der Waals surface area contributed by atoms with Gasteiger partial charge in [0.25, 0.3) is 0 Å². The third kappa shape index (κ3) is 4.42. The summed E-state index contributed by atoms with van der Waals surface area (Å²) in [4.78, 5) is 16.8. The Balaban J connectivity index is 1.58. The zero-order chi connectivity index (χ0) is 23.8. The van der Waals surface area contributed by atoms with E-state index in [1.165, 1.54) is 4.31 Å². The third-order valence-corrected chi connectivity index (χ3v) is 8.33. The molecule has 2 heterocycles. The number of aliphatic hydroxyl groups is 1. The van der Waals surface area contributed by atoms with Gasteiger partial charge in [-0.1, -0.05) is 42.2 Å². The van der Waals surface area contributed by atoms with Crippen LogP contribution in [0.25, 0.3) is 0 Å². The second-order valence-electron chi connectivity index (χ2n) is 8.87. The standard InChI is InChI=1S/C25H29N3O4S/c1-18-7-4-5-9-23(18)33(31,32)27-15-21-25(22(17-29)28(21)24(30)16-27)20-12-10-19(11-13-20)8-6-14-26(2)3/h4-5,7,9-13,21-22,25,29H,14-17H2,1-3H3/t21-,22+,25-/m1/s1. The van der Waals surface area contributed by atoms with Crippen LogP contribution in [0.3, 0.4) is 0 Å². The van der Waals surface area contributed by atoms with E-state index < -0.39 is 10.0 Å². The molecule has 0 unspecified atom stereocenters. The fraction of sp³-hybridized carbons (Fsp3) is 0.400. The smallest absolute Gasteiger partial charge is 0.243 e. The van der Waals surface area contributed by atoms with Gasteiger partial charge in [-0.05, 0) is 50.3 Å². The summed E-state index contributed by atoms with van der Waals surface area (Å²) in [5, 5.41) is 9.98. The number of nitrogens with zero attached hydrogens (tertiary/aromatic N) is 3. The molecule has 0 aromatic heterocycles. The molecule has 2 aromatic carbocycles. The third-order valence-electron chi connectivity index (χ3n) is 6.36. The molecule has 174 valence electrons. The van der Waals surface area contributed by atoms with Gasteiger partial charge in [-0.15, -0.1) is 0 Å². The minimum atomic E-state index is -3.80. The molecule has 0 spiro atoms. The van der Waals surface area contributed by atoms with E-state index in [-0.39, 0.29) is 48.5 Å². The molecule has 33 heavy (non-hydrogen) atoms. The summed E-state index contributed by atoms with van der Waals surface area (Å²) in [5.74, 6) is 5.81. The van der Waals surface area contributed by atoms with Gasteiger partial charge < -0.3 is 10.0 Å². The van der Waals surface area contributed by atoms with Crippen molar-refractivity contribution in [1.29, 1.82) is 0 Å². The highest BCUT2D eigenvalue weighted by Gasteiger charge is 2.55. The highest BCUT2D eigenvalue weighted by atomic mass is 32.2. The van der Waals surface area contributed by atoms with Crippen molar-refractivity contribution >= 4 is 15.9 Å². The van der Waals surface area contributed by atoms with Gasteiger partial charge >= 0.3 is 0 Å². The second-order valence-corrected chi connectivity index (χ2v) is 10.8. The number of hydrogen-bond acceptors (Lipinski definition) is 5. The van der Waals surface area contributed by atoms with Crippen LogP contribution in [0, 0.1) is 18.8 Å². The van der Waals surface area contributed by atoms with Crippen molar-refractivity contribution in [3.63, 3.8) is 0 Å². The van der Waals surface area contributed by atoms with Crippen molar-refractivity contribution in [3.05, 3.63) is 65.2 Å². The molecule has 2 aromatic rings. The summed E-state index contributed by atoms with van der Waals surface area (Å²) in [6, 6.07) is 13.9. The number of fused-ring (bicyclic) bond motifs is 1. The Hall–Kier alpha value is -2.70. The van der Waals surface area contributed by atoms with Gasteiger partial charge in [0.2, 0.25) is 15.9 Å². The monoisotopic (exact) mass is 467 g/mol. The molecule has 2 aliphatic heterocycles. The molecule has 0 radical (unpaired) electrons. The van der Waals surface area contributed by atoms with Crippen molar-refractivity contribution in [3.8, 4) is 11.8 Å². The van der Waals surface area contributed by atoms with Gasteiger partial charge in [0.15, 0.2) is 0 Å². The van der Waals surface area contributed by atoms with Gasteiger partial charge in [0, 0.05) is 18.0 Å². The van der Waals surface area contributed by atoms with Gasteiger partial charge in [0.05, 0.1) is 36.7 Å². The average molecular weight is 468 g/mol. The van der Waals surface area contributed by atoms with Crippen LogP contribution >= 0.6 is 0 Å². The van der Waals surface area contributed by atoms with Crippen LogP contribution < -0.4 is 0 Å². The first-order valence-electron chi connectivity index (χ1n) is 11.0. The Morgan fingerprint density at radius 1 is 1.12 bits per heavy atom. The fourth-order valence-corrected chi connectivity index (χ4v) is 6.36. The average Bonchev–Trinajstić information content (AvgIpc) is 2.76. The number of carbonyl (C=O) groups is 1. The van der Waals surface area contributed by atoms with Crippen molar-refractivity contribution in [2.24, 2.45) is 0 Å². The zero-order valence-electron chi connectivity index (χ0n) is 19.1. The summed E-state index contributed by atoms with van der Waals surface area (Å²) >= 11 is 0. The second kappa shape index (κ2) is 9.27. The predicted octanol–water partition coefficient (Wildman–Crippen LogP) is 1.27. The number of carbonyl (C=O) groups excluding carboxylic acids is 1. The molecule has 1 N–H and O–H groups in total. The lowest BCUT2D eigenvalue weighted by atomic mass is 9.74. The Bertz CT molecular complexity index is 1200. The number of piperazine rings is 1. The van der Waals surface area contributed by atoms with Crippen molar-refractivity contribution in [1.82, 2.24) is 14.1 Å². The maximum absolute atomic E-state index is 13.3. The molecule has 8 heteroatoms. The molecule has 0 bridgehead atoms. The molecule has 2 saturated heterocycles. The Morgan fingerprint density at radius 3 is 2.45 bits per heavy atom. The normalized spacial score (nSPS) is 23.0. The molecule has 2 aliphatic rings. The summed E-state index contributed by atoms with van der Waals surface area (Å²) in [6.45, 7) is 2.25. The van der Waals surface area contributed by atoms with Crippen LogP contribution in [0.15, 0.2) is 53.4 Å². The number of hydrogen-bond donors (Lipinski definition) is 1. The molecular weight excluding hydrogens is 438 g/mol. The van der Waals surface area contributed by atoms with E-state index in [0.717, 1.165) is 11.1 Å². The predicted molar refractivity (Wildman–Crippen MR) is 126 cm³/mol. The molecule has 1 amide bonds. The number of benzene rings is 2. The Kier molecular flexibility index (Phi) is 6.59. The minimum absolute atomic E-state index is 0.141. The largest absolute Gasteiger partial charge is 0.394 e. The Morgan fingerprint density at radius 2 is 1.82 bits per heavy atom. The molecule has 3 atom stereocenters. The Labute approximate surface area is 195 Å². The number of rotatable bonds is 5. The minimum Gasteiger partial charge on any atom is -0.394 e. The van der Waals surface area contributed by atoms with Crippen LogP contribution in [0.1, 0.15) is 22.6 Å². The topological polar surface area (TPSA) is 81.2 Å². The first-order chi connectivity index (χ1) is 15.7. The molecular formula is C25H29N3O4S. The van der Waals surface area contributed by atoms with E-state index in [0.29, 0.717) is 12.1 Å². The highest BCUT2D eigenvalue weighted by molar-refractivity contribution is 7.89. The maximum atomic E-state index is 13.3. The van der Waals surface area contributed by atoms with Crippen LogP contribution in [0.2, 0.25) is 0 Å². The maximum Gasteiger partial charge on any atom is 0.243 e. The van der Waals surface area contributed by atoms with E-state index >= 15 is 0 Å². The lowest BCUT2D eigenvalue weighted by Crippen LogP contribution is -2.73. The first kappa shape index (κ1) is 23.5. The molecule has 0 aliphatic carbocycles. The van der Waals surface area contributed by atoms with Crippen LogP contribution in [-0.4, -0.2) is 86.0 Å². The number of sulfonamides is 1. The van der Waals surface area contributed by atoms with E-state index in [2.05, 4.69) is 11.8 Å². The zero-order valence-corrected chi connectivity index (χ0v) is 19.9. The van der Waals surface area contributed by atoms with Crippen molar-refractivity contribution in [2.45, 2.75) is 29.8 Å². The summed E-state index contributed by atoms with van der Waals surface area (Å²) in [6.07, 6.45) is 0. The van der Waals surface area contributed by atoms with Gasteiger partial charge in [-0.2, -0.15) is 4.31 Å². The SMILES string of the molecule is Cc1ccccc1S(=O)(=O)N1CC(=O)N2[C@H](C1)[C@@H](c1ccc(C#CCN(C)C)cc1)[C@@H]2CO. The van der Waals surface area contributed by atoms with Gasteiger partial charge in [-0.3, -0.25) is 9.69 Å². The highest BCUT2D eigenvalue weighted by Crippen LogP contribution is 2.43. The summed E-state index contributed by atoms with van der Waals surface area (Å²) in [7, 11) is 0.122. The number of aryl methyl sites for hydroxylation is 1. The van der Waals surface area contributed by atoms with E-state index in [1.807, 2.05) is 43.3 Å². The van der Waals surface area contributed by atoms with Crippen LogP contribution in [0.4, 0.5) is 0 Å². The van der Waals surface area contributed by atoms with Crippen molar-refractivity contribution < 1.29 is 18.3 Å². The van der Waals surface area contributed by atoms with Crippen molar-refractivity contribution in [2.75, 3.05) is 40.3 Å².